The van der Waals surface area contributed by atoms with E-state index in [2.05, 4.69) is 22.0 Å². The molecule has 1 fully saturated rings. The van der Waals surface area contributed by atoms with Crippen LogP contribution in [0.1, 0.15) is 42.2 Å². The lowest BCUT2D eigenvalue weighted by molar-refractivity contribution is 0.0600. The topological polar surface area (TPSA) is 51.2 Å². The number of pyridine rings is 1. The summed E-state index contributed by atoms with van der Waals surface area (Å²) < 4.78 is 4.63. The molecule has 98 valence electrons. The van der Waals surface area contributed by atoms with E-state index in [1.165, 1.54) is 26.4 Å². The standard InChI is InChI=1S/C14H20N2O2/c1-10(11-4-3-5-11)15-9-13-7-6-12(8-16-13)14(17)18-2/h6-8,10-11,15H,3-5,9H2,1-2H3. The molecule has 1 heterocycles. The van der Waals surface area contributed by atoms with Crippen molar-refractivity contribution in [3.05, 3.63) is 29.6 Å². The Morgan fingerprint density at radius 3 is 2.83 bits per heavy atom. The Morgan fingerprint density at radius 1 is 1.56 bits per heavy atom. The molecule has 1 atom stereocenters. The highest BCUT2D eigenvalue weighted by molar-refractivity contribution is 5.88. The van der Waals surface area contributed by atoms with Crippen molar-refractivity contribution in [3.8, 4) is 0 Å². The van der Waals surface area contributed by atoms with E-state index in [4.69, 9.17) is 0 Å². The average molecular weight is 248 g/mol. The molecule has 0 spiro atoms. The highest BCUT2D eigenvalue weighted by Gasteiger charge is 2.23. The molecular formula is C14H20N2O2. The molecule has 18 heavy (non-hydrogen) atoms. The normalized spacial score (nSPS) is 17.0. The summed E-state index contributed by atoms with van der Waals surface area (Å²) in [4.78, 5) is 15.5. The molecule has 0 radical (unpaired) electrons. The fraction of sp³-hybridized carbons (Fsp3) is 0.571. The van der Waals surface area contributed by atoms with Crippen molar-refractivity contribution >= 4 is 5.97 Å². The maximum Gasteiger partial charge on any atom is 0.339 e. The van der Waals surface area contributed by atoms with Crippen LogP contribution in [-0.4, -0.2) is 24.1 Å². The Labute approximate surface area is 108 Å². The quantitative estimate of drug-likeness (QED) is 0.811. The molecular weight excluding hydrogens is 228 g/mol. The zero-order valence-corrected chi connectivity index (χ0v) is 11.0. The lowest BCUT2D eigenvalue weighted by Crippen LogP contribution is -2.36. The maximum absolute atomic E-state index is 11.2. The molecule has 4 nitrogen and oxygen atoms in total. The number of nitrogens with one attached hydrogen (secondary N) is 1. The third-order valence-corrected chi connectivity index (χ3v) is 3.71. The summed E-state index contributed by atoms with van der Waals surface area (Å²) >= 11 is 0. The van der Waals surface area contributed by atoms with Crippen LogP contribution in [0.15, 0.2) is 18.3 Å². The molecule has 1 aromatic rings. The number of nitrogens with zero attached hydrogens (tertiary/aromatic N) is 1. The minimum atomic E-state index is -0.343. The first-order valence-electron chi connectivity index (χ1n) is 6.47. The van der Waals surface area contributed by atoms with Crippen molar-refractivity contribution in [3.63, 3.8) is 0 Å². The van der Waals surface area contributed by atoms with E-state index in [1.54, 1.807) is 12.3 Å². The third-order valence-electron chi connectivity index (χ3n) is 3.71. The van der Waals surface area contributed by atoms with Crippen LogP contribution in [0.3, 0.4) is 0 Å². The second-order valence-electron chi connectivity index (χ2n) is 4.89. The molecule has 1 unspecified atom stereocenters. The lowest BCUT2D eigenvalue weighted by atomic mass is 9.80. The highest BCUT2D eigenvalue weighted by Crippen LogP contribution is 2.29. The fourth-order valence-corrected chi connectivity index (χ4v) is 2.14. The first-order chi connectivity index (χ1) is 8.70. The maximum atomic E-state index is 11.2. The van der Waals surface area contributed by atoms with Crippen LogP contribution in [-0.2, 0) is 11.3 Å². The number of hydrogen-bond donors (Lipinski definition) is 1. The first kappa shape index (κ1) is 13.0. The van der Waals surface area contributed by atoms with Crippen LogP contribution in [0, 0.1) is 5.92 Å². The number of aromatic nitrogens is 1. The van der Waals surface area contributed by atoms with Gasteiger partial charge in [0, 0.05) is 18.8 Å². The largest absolute Gasteiger partial charge is 0.465 e. The first-order valence-corrected chi connectivity index (χ1v) is 6.47. The molecule has 1 aliphatic carbocycles. The van der Waals surface area contributed by atoms with Crippen molar-refractivity contribution in [2.75, 3.05) is 7.11 Å². The zero-order valence-electron chi connectivity index (χ0n) is 11.0. The molecule has 0 amide bonds. The third kappa shape index (κ3) is 3.07. The molecule has 4 heteroatoms. The number of carbonyl (C=O) groups excluding carboxylic acids is 1. The predicted molar refractivity (Wildman–Crippen MR) is 69.2 cm³/mol. The molecule has 1 N–H and O–H groups in total. The molecule has 0 aromatic carbocycles. The number of carbonyl (C=O) groups is 1. The van der Waals surface area contributed by atoms with Gasteiger partial charge in [0.1, 0.15) is 0 Å². The zero-order chi connectivity index (χ0) is 13.0. The SMILES string of the molecule is COC(=O)c1ccc(CNC(C)C2CCC2)nc1. The summed E-state index contributed by atoms with van der Waals surface area (Å²) in [6.45, 7) is 2.98. The van der Waals surface area contributed by atoms with E-state index in [-0.39, 0.29) is 5.97 Å². The van der Waals surface area contributed by atoms with Crippen molar-refractivity contribution in [2.45, 2.75) is 38.8 Å². The summed E-state index contributed by atoms with van der Waals surface area (Å²) in [5.41, 5.74) is 1.45. The van der Waals surface area contributed by atoms with Crippen molar-refractivity contribution in [1.82, 2.24) is 10.3 Å². The van der Waals surface area contributed by atoms with Crippen molar-refractivity contribution in [1.29, 1.82) is 0 Å². The molecule has 1 aromatic heterocycles. The molecule has 1 saturated carbocycles. The van der Waals surface area contributed by atoms with Gasteiger partial charge in [-0.3, -0.25) is 4.98 Å². The van der Waals surface area contributed by atoms with Gasteiger partial charge in [-0.05, 0) is 37.8 Å². The van der Waals surface area contributed by atoms with Gasteiger partial charge < -0.3 is 10.1 Å². The van der Waals surface area contributed by atoms with Gasteiger partial charge in [-0.1, -0.05) is 6.42 Å². The Bertz CT molecular complexity index is 399. The van der Waals surface area contributed by atoms with E-state index >= 15 is 0 Å². The van der Waals surface area contributed by atoms with Gasteiger partial charge in [0.2, 0.25) is 0 Å². The summed E-state index contributed by atoms with van der Waals surface area (Å²) in [5, 5.41) is 3.48. The Kier molecular flexibility index (Phi) is 4.31. The van der Waals surface area contributed by atoms with E-state index in [0.717, 1.165) is 18.2 Å². The van der Waals surface area contributed by atoms with E-state index in [9.17, 15) is 4.79 Å². The van der Waals surface area contributed by atoms with Gasteiger partial charge in [-0.2, -0.15) is 0 Å². The number of esters is 1. The molecule has 0 saturated heterocycles. The average Bonchev–Trinajstić information content (AvgIpc) is 2.34. The fourth-order valence-electron chi connectivity index (χ4n) is 2.14. The van der Waals surface area contributed by atoms with E-state index < -0.39 is 0 Å². The minimum Gasteiger partial charge on any atom is -0.465 e. The van der Waals surface area contributed by atoms with Crippen LogP contribution >= 0.6 is 0 Å². The van der Waals surface area contributed by atoms with Gasteiger partial charge in [0.15, 0.2) is 0 Å². The number of methoxy groups -OCH3 is 1. The summed E-state index contributed by atoms with van der Waals surface area (Å²) in [5.74, 6) is 0.476. The number of rotatable bonds is 5. The second-order valence-corrected chi connectivity index (χ2v) is 4.89. The van der Waals surface area contributed by atoms with Gasteiger partial charge in [-0.15, -0.1) is 0 Å². The van der Waals surface area contributed by atoms with Crippen LogP contribution in [0.4, 0.5) is 0 Å². The number of hydrogen-bond acceptors (Lipinski definition) is 4. The Hall–Kier alpha value is -1.42. The Morgan fingerprint density at radius 2 is 2.33 bits per heavy atom. The van der Waals surface area contributed by atoms with Gasteiger partial charge in [0.05, 0.1) is 18.4 Å². The van der Waals surface area contributed by atoms with Crippen LogP contribution < -0.4 is 5.32 Å². The molecule has 2 rings (SSSR count). The molecule has 0 bridgehead atoms. The number of ether oxygens (including phenoxy) is 1. The summed E-state index contributed by atoms with van der Waals surface area (Å²) in [6, 6.07) is 4.16. The molecule has 0 aliphatic heterocycles. The summed E-state index contributed by atoms with van der Waals surface area (Å²) in [7, 11) is 1.37. The Balaban J connectivity index is 1.84. The van der Waals surface area contributed by atoms with Crippen LogP contribution in [0.5, 0.6) is 0 Å². The predicted octanol–water partition coefficient (Wildman–Crippen LogP) is 2.15. The van der Waals surface area contributed by atoms with E-state index in [0.29, 0.717) is 11.6 Å². The van der Waals surface area contributed by atoms with Gasteiger partial charge >= 0.3 is 5.97 Å². The second kappa shape index (κ2) is 5.96. The van der Waals surface area contributed by atoms with Crippen molar-refractivity contribution < 1.29 is 9.53 Å². The monoisotopic (exact) mass is 248 g/mol. The van der Waals surface area contributed by atoms with E-state index in [1.807, 2.05) is 6.07 Å². The summed E-state index contributed by atoms with van der Waals surface area (Å²) in [6.07, 6.45) is 5.60. The van der Waals surface area contributed by atoms with Crippen LogP contribution in [0.2, 0.25) is 0 Å². The molecule has 1 aliphatic rings. The van der Waals surface area contributed by atoms with Gasteiger partial charge in [0.25, 0.3) is 0 Å². The van der Waals surface area contributed by atoms with Crippen LogP contribution in [0.25, 0.3) is 0 Å². The minimum absolute atomic E-state index is 0.343. The van der Waals surface area contributed by atoms with Crippen molar-refractivity contribution in [2.24, 2.45) is 5.92 Å². The van der Waals surface area contributed by atoms with Gasteiger partial charge in [-0.25, -0.2) is 4.79 Å². The smallest absolute Gasteiger partial charge is 0.339 e. The lowest BCUT2D eigenvalue weighted by Gasteiger charge is -2.32. The highest BCUT2D eigenvalue weighted by atomic mass is 16.5.